The summed E-state index contributed by atoms with van der Waals surface area (Å²) in [7, 11) is 2.92. The van der Waals surface area contributed by atoms with Crippen molar-refractivity contribution in [2.45, 2.75) is 26.8 Å². The molecule has 8 nitrogen and oxygen atoms in total. The molecule has 0 unspecified atom stereocenters. The van der Waals surface area contributed by atoms with Gasteiger partial charge in [-0.3, -0.25) is 18.7 Å². The molecule has 0 spiro atoms. The Balaban J connectivity index is 2.02. The highest BCUT2D eigenvalue weighted by Crippen LogP contribution is 2.22. The Morgan fingerprint density at radius 2 is 1.78 bits per heavy atom. The van der Waals surface area contributed by atoms with Gasteiger partial charge in [-0.15, -0.1) is 0 Å². The minimum atomic E-state index is -0.570. The van der Waals surface area contributed by atoms with Crippen LogP contribution in [0.1, 0.15) is 35.6 Å². The van der Waals surface area contributed by atoms with Crippen molar-refractivity contribution < 1.29 is 4.79 Å². The van der Waals surface area contributed by atoms with Crippen LogP contribution in [-0.2, 0) is 20.0 Å². The van der Waals surface area contributed by atoms with Gasteiger partial charge in [-0.1, -0.05) is 56.3 Å². The summed E-state index contributed by atoms with van der Waals surface area (Å²) in [6.45, 7) is 4.34. The van der Waals surface area contributed by atoms with Crippen LogP contribution < -0.4 is 16.6 Å². The fourth-order valence-electron chi connectivity index (χ4n) is 3.89. The largest absolute Gasteiger partial charge is 0.354 e. The number of rotatable bonds is 5. The number of benzene rings is 2. The molecule has 2 aromatic heterocycles. The topological polar surface area (TPSA) is 98.9 Å². The van der Waals surface area contributed by atoms with Crippen molar-refractivity contribution in [2.24, 2.45) is 13.0 Å². The summed E-state index contributed by atoms with van der Waals surface area (Å²) < 4.78 is 2.48. The molecule has 2 aromatic carbocycles. The van der Waals surface area contributed by atoms with E-state index in [0.29, 0.717) is 18.7 Å². The Hall–Kier alpha value is -3.81. The van der Waals surface area contributed by atoms with Crippen LogP contribution in [0.25, 0.3) is 21.9 Å². The Morgan fingerprint density at radius 3 is 2.50 bits per heavy atom. The lowest BCUT2D eigenvalue weighted by molar-refractivity contribution is 0.0957. The zero-order chi connectivity index (χ0) is 23.0. The molecule has 1 N–H and O–H groups in total. The molecule has 164 valence electrons. The minimum absolute atomic E-state index is 0.00743. The minimum Gasteiger partial charge on any atom is -0.354 e. The monoisotopic (exact) mass is 431 g/mol. The Labute approximate surface area is 184 Å². The van der Waals surface area contributed by atoms with Gasteiger partial charge in [0, 0.05) is 27.1 Å². The Kier molecular flexibility index (Phi) is 5.61. The van der Waals surface area contributed by atoms with E-state index < -0.39 is 17.2 Å². The second-order valence-corrected chi connectivity index (χ2v) is 8.24. The van der Waals surface area contributed by atoms with Crippen LogP contribution in [0.3, 0.4) is 0 Å². The molecule has 0 aliphatic heterocycles. The number of fused-ring (bicyclic) bond motifs is 2. The van der Waals surface area contributed by atoms with Crippen molar-refractivity contribution in [1.82, 2.24) is 24.4 Å². The average Bonchev–Trinajstić information content (AvgIpc) is 2.79. The van der Waals surface area contributed by atoms with Crippen molar-refractivity contribution in [1.29, 1.82) is 0 Å². The van der Waals surface area contributed by atoms with Gasteiger partial charge in [0.25, 0.3) is 11.5 Å². The first-order chi connectivity index (χ1) is 15.3. The quantitative estimate of drug-likeness (QED) is 0.523. The number of nitrogens with one attached hydrogen (secondary N) is 1. The summed E-state index contributed by atoms with van der Waals surface area (Å²) in [6, 6.07) is 13.9. The summed E-state index contributed by atoms with van der Waals surface area (Å²) in [4.78, 5) is 47.4. The molecule has 0 saturated carbocycles. The van der Waals surface area contributed by atoms with E-state index >= 15 is 0 Å². The van der Waals surface area contributed by atoms with Gasteiger partial charge < -0.3 is 5.32 Å². The molecular weight excluding hydrogens is 406 g/mol. The van der Waals surface area contributed by atoms with Crippen LogP contribution in [0.2, 0.25) is 0 Å². The molecule has 4 aromatic rings. The lowest BCUT2D eigenvalue weighted by atomic mass is 10.00. The highest BCUT2D eigenvalue weighted by atomic mass is 16.2. The number of amides is 1. The Morgan fingerprint density at radius 1 is 1.06 bits per heavy atom. The van der Waals surface area contributed by atoms with Crippen LogP contribution in [0.15, 0.2) is 52.1 Å². The van der Waals surface area contributed by atoms with Gasteiger partial charge in [-0.25, -0.2) is 14.8 Å². The molecule has 1 amide bonds. The van der Waals surface area contributed by atoms with Crippen LogP contribution in [0.5, 0.6) is 0 Å². The zero-order valence-corrected chi connectivity index (χ0v) is 18.5. The van der Waals surface area contributed by atoms with Gasteiger partial charge in [-0.2, -0.15) is 0 Å². The van der Waals surface area contributed by atoms with E-state index in [0.717, 1.165) is 20.9 Å². The first-order valence-corrected chi connectivity index (χ1v) is 10.5. The lowest BCUT2D eigenvalue weighted by Crippen LogP contribution is -2.40. The predicted molar refractivity (Wildman–Crippen MR) is 124 cm³/mol. The second-order valence-electron chi connectivity index (χ2n) is 8.24. The summed E-state index contributed by atoms with van der Waals surface area (Å²) in [5, 5.41) is 4.70. The fourth-order valence-corrected chi connectivity index (χ4v) is 3.89. The number of aromatic nitrogens is 4. The highest BCUT2D eigenvalue weighted by Gasteiger charge is 2.22. The van der Waals surface area contributed by atoms with Gasteiger partial charge in [0.05, 0.1) is 5.69 Å². The molecule has 0 aliphatic rings. The number of nitrogens with zero attached hydrogens (tertiary/aromatic N) is 4. The first kappa shape index (κ1) is 21.4. The highest BCUT2D eigenvalue weighted by molar-refractivity contribution is 5.95. The van der Waals surface area contributed by atoms with Crippen molar-refractivity contribution in [3.8, 4) is 0 Å². The third-order valence-electron chi connectivity index (χ3n) is 5.46. The van der Waals surface area contributed by atoms with Gasteiger partial charge in [0.1, 0.15) is 0 Å². The van der Waals surface area contributed by atoms with E-state index in [1.54, 1.807) is 0 Å². The molecule has 8 heteroatoms. The zero-order valence-electron chi connectivity index (χ0n) is 18.5. The molecule has 0 aliphatic carbocycles. The van der Waals surface area contributed by atoms with E-state index in [4.69, 9.17) is 0 Å². The normalized spacial score (nSPS) is 11.4. The maximum atomic E-state index is 12.8. The van der Waals surface area contributed by atoms with Crippen LogP contribution in [-0.4, -0.2) is 32.1 Å². The summed E-state index contributed by atoms with van der Waals surface area (Å²) in [5.74, 6) is -0.284. The third kappa shape index (κ3) is 3.68. The van der Waals surface area contributed by atoms with E-state index in [2.05, 4.69) is 15.3 Å². The number of hydrogen-bond acceptors (Lipinski definition) is 5. The standard InChI is InChI=1S/C24H25N5O3/c1-14(2)13-29-21-20(23(31)28(4)24(29)32)27-19(22(30)25-3)18(26-21)12-16-10-7-9-15-8-5-6-11-17(15)16/h5-11,14H,12-13H2,1-4H3,(H,25,30). The molecular formula is C24H25N5O3. The summed E-state index contributed by atoms with van der Waals surface area (Å²) >= 11 is 0. The molecule has 32 heavy (non-hydrogen) atoms. The average molecular weight is 431 g/mol. The molecule has 4 rings (SSSR count). The van der Waals surface area contributed by atoms with Crippen molar-refractivity contribution >= 4 is 27.8 Å². The van der Waals surface area contributed by atoms with Gasteiger partial charge in [-0.05, 0) is 22.3 Å². The molecule has 0 fully saturated rings. The first-order valence-electron chi connectivity index (χ1n) is 10.5. The van der Waals surface area contributed by atoms with Gasteiger partial charge >= 0.3 is 5.69 Å². The lowest BCUT2D eigenvalue weighted by Gasteiger charge is -2.15. The molecule has 0 bridgehead atoms. The van der Waals surface area contributed by atoms with Crippen molar-refractivity contribution in [3.63, 3.8) is 0 Å². The summed E-state index contributed by atoms with van der Waals surface area (Å²) in [6.07, 6.45) is 0.331. The molecule has 0 atom stereocenters. The maximum absolute atomic E-state index is 12.8. The van der Waals surface area contributed by atoms with Crippen LogP contribution in [0.4, 0.5) is 0 Å². The second kappa shape index (κ2) is 8.37. The molecule has 2 heterocycles. The number of hydrogen-bond donors (Lipinski definition) is 1. The van der Waals surface area contributed by atoms with E-state index in [-0.39, 0.29) is 22.8 Å². The van der Waals surface area contributed by atoms with E-state index in [1.165, 1.54) is 18.7 Å². The number of carbonyl (C=O) groups excluding carboxylic acids is 1. The molecule has 0 saturated heterocycles. The smallest absolute Gasteiger partial charge is 0.332 e. The molecule has 0 radical (unpaired) electrons. The number of carbonyl (C=O) groups is 1. The third-order valence-corrected chi connectivity index (χ3v) is 5.46. The fraction of sp³-hybridized carbons (Fsp3) is 0.292. The van der Waals surface area contributed by atoms with Gasteiger partial charge in [0.15, 0.2) is 16.9 Å². The van der Waals surface area contributed by atoms with E-state index in [1.807, 2.05) is 56.3 Å². The van der Waals surface area contributed by atoms with Crippen LogP contribution >= 0.6 is 0 Å². The van der Waals surface area contributed by atoms with Crippen LogP contribution in [0, 0.1) is 5.92 Å². The Bertz CT molecular complexity index is 1460. The van der Waals surface area contributed by atoms with E-state index in [9.17, 15) is 14.4 Å². The maximum Gasteiger partial charge on any atom is 0.332 e. The van der Waals surface area contributed by atoms with Crippen molar-refractivity contribution in [2.75, 3.05) is 7.05 Å². The predicted octanol–water partition coefficient (Wildman–Crippen LogP) is 2.25. The van der Waals surface area contributed by atoms with Crippen molar-refractivity contribution in [3.05, 3.63) is 80.3 Å². The summed E-state index contributed by atoms with van der Waals surface area (Å²) in [5.41, 5.74) is 0.665. The van der Waals surface area contributed by atoms with Gasteiger partial charge in [0.2, 0.25) is 0 Å². The SMILES string of the molecule is CNC(=O)c1nc2c(=O)n(C)c(=O)n(CC(C)C)c2nc1Cc1cccc2ccccc12.